The Bertz CT molecular complexity index is 296. The second-order valence-electron chi connectivity index (χ2n) is 4.35. The van der Waals surface area contributed by atoms with Crippen LogP contribution in [0.1, 0.15) is 18.4 Å². The third kappa shape index (κ3) is 2.85. The van der Waals surface area contributed by atoms with Crippen LogP contribution in [0.5, 0.6) is 0 Å². The van der Waals surface area contributed by atoms with Gasteiger partial charge < -0.3 is 4.90 Å². The van der Waals surface area contributed by atoms with Gasteiger partial charge in [0.15, 0.2) is 0 Å². The van der Waals surface area contributed by atoms with Crippen molar-refractivity contribution < 1.29 is 0 Å². The number of hydrogen-bond donors (Lipinski definition) is 0. The Labute approximate surface area is 92.4 Å². The lowest BCUT2D eigenvalue weighted by atomic mass is 9.90. The number of likely N-dealkylation sites (tertiary alicyclic amines) is 1. The van der Waals surface area contributed by atoms with Crippen molar-refractivity contribution >= 4 is 0 Å². The molecule has 80 valence electrons. The van der Waals surface area contributed by atoms with E-state index < -0.39 is 0 Å². The topological polar surface area (TPSA) is 3.24 Å². The fourth-order valence-corrected chi connectivity index (χ4v) is 2.29. The van der Waals surface area contributed by atoms with Crippen LogP contribution in [-0.2, 0) is 6.42 Å². The van der Waals surface area contributed by atoms with Gasteiger partial charge in [-0.15, -0.1) is 0 Å². The van der Waals surface area contributed by atoms with Gasteiger partial charge in [-0.05, 0) is 36.9 Å². The van der Waals surface area contributed by atoms with Gasteiger partial charge >= 0.3 is 0 Å². The van der Waals surface area contributed by atoms with Crippen molar-refractivity contribution in [1.29, 1.82) is 0 Å². The number of rotatable bonds is 3. The maximum Gasteiger partial charge on any atom is 0.0175 e. The lowest BCUT2D eigenvalue weighted by Gasteiger charge is -2.30. The Kier molecular flexibility index (Phi) is 3.44. The average molecular weight is 201 g/mol. The van der Waals surface area contributed by atoms with E-state index in [-0.39, 0.29) is 0 Å². The molecule has 0 spiro atoms. The zero-order valence-electron chi connectivity index (χ0n) is 9.23. The molecule has 0 N–H and O–H groups in total. The van der Waals surface area contributed by atoms with Crippen LogP contribution in [0.2, 0.25) is 0 Å². The zero-order chi connectivity index (χ0) is 10.5. The molecule has 0 radical (unpaired) electrons. The molecule has 1 nitrogen and oxygen atoms in total. The van der Waals surface area contributed by atoms with Crippen molar-refractivity contribution in [2.24, 2.45) is 5.92 Å². The maximum absolute atomic E-state index is 3.82. The first-order valence-corrected chi connectivity index (χ1v) is 5.79. The predicted octanol–water partition coefficient (Wildman–Crippen LogP) is 3.08. The van der Waals surface area contributed by atoms with Crippen LogP contribution >= 0.6 is 0 Å². The van der Waals surface area contributed by atoms with E-state index in [1.807, 2.05) is 6.20 Å². The molecule has 0 aromatic heterocycles. The summed E-state index contributed by atoms with van der Waals surface area (Å²) >= 11 is 0. The second-order valence-corrected chi connectivity index (χ2v) is 4.35. The van der Waals surface area contributed by atoms with E-state index >= 15 is 0 Å². The summed E-state index contributed by atoms with van der Waals surface area (Å²) in [6.45, 7) is 6.18. The molecular weight excluding hydrogens is 182 g/mol. The molecule has 0 saturated carbocycles. The van der Waals surface area contributed by atoms with Crippen LogP contribution in [0, 0.1) is 5.92 Å². The summed E-state index contributed by atoms with van der Waals surface area (Å²) in [7, 11) is 0. The van der Waals surface area contributed by atoms with E-state index in [0.29, 0.717) is 0 Å². The largest absolute Gasteiger partial charge is 0.378 e. The smallest absolute Gasteiger partial charge is 0.0175 e. The van der Waals surface area contributed by atoms with Crippen LogP contribution in [0.15, 0.2) is 43.1 Å². The number of nitrogens with zero attached hydrogens (tertiary/aromatic N) is 1. The first-order valence-electron chi connectivity index (χ1n) is 5.79. The minimum absolute atomic E-state index is 0.864. The van der Waals surface area contributed by atoms with Gasteiger partial charge in [-0.3, -0.25) is 0 Å². The summed E-state index contributed by atoms with van der Waals surface area (Å²) in [5, 5.41) is 0. The van der Waals surface area contributed by atoms with Gasteiger partial charge in [-0.1, -0.05) is 36.9 Å². The summed E-state index contributed by atoms with van der Waals surface area (Å²) in [5.74, 6) is 0.864. The van der Waals surface area contributed by atoms with Crippen LogP contribution < -0.4 is 0 Å². The fraction of sp³-hybridized carbons (Fsp3) is 0.429. The highest BCUT2D eigenvalue weighted by atomic mass is 15.1. The first-order chi connectivity index (χ1) is 7.38. The monoisotopic (exact) mass is 201 g/mol. The molecule has 1 heteroatoms. The molecule has 0 amide bonds. The van der Waals surface area contributed by atoms with Gasteiger partial charge in [0.2, 0.25) is 0 Å². The third-order valence-electron chi connectivity index (χ3n) is 3.27. The molecular formula is C14H19N. The molecule has 0 aliphatic carbocycles. The van der Waals surface area contributed by atoms with Crippen molar-refractivity contribution in [3.05, 3.63) is 48.7 Å². The summed E-state index contributed by atoms with van der Waals surface area (Å²) in [6, 6.07) is 10.8. The fourth-order valence-electron chi connectivity index (χ4n) is 2.29. The highest BCUT2D eigenvalue weighted by Crippen LogP contribution is 2.21. The molecule has 1 aliphatic heterocycles. The van der Waals surface area contributed by atoms with Gasteiger partial charge in [0, 0.05) is 13.1 Å². The Morgan fingerprint density at radius 2 is 1.87 bits per heavy atom. The highest BCUT2D eigenvalue weighted by molar-refractivity contribution is 5.15. The molecule has 1 saturated heterocycles. The number of benzene rings is 1. The summed E-state index contributed by atoms with van der Waals surface area (Å²) < 4.78 is 0. The van der Waals surface area contributed by atoms with Gasteiger partial charge in [0.05, 0.1) is 0 Å². The zero-order valence-corrected chi connectivity index (χ0v) is 9.23. The number of piperidine rings is 1. The van der Waals surface area contributed by atoms with E-state index in [2.05, 4.69) is 41.8 Å². The standard InChI is InChI=1S/C14H19N/c1-2-15-10-8-14(9-11-15)12-13-6-4-3-5-7-13/h2-7,14H,1,8-12H2. The Hall–Kier alpha value is -1.24. The quantitative estimate of drug-likeness (QED) is 0.726. The molecule has 1 fully saturated rings. The third-order valence-corrected chi connectivity index (χ3v) is 3.27. The Morgan fingerprint density at radius 1 is 1.20 bits per heavy atom. The molecule has 1 aromatic carbocycles. The normalized spacial score (nSPS) is 17.7. The molecule has 1 aliphatic rings. The van der Waals surface area contributed by atoms with Crippen LogP contribution in [0.3, 0.4) is 0 Å². The summed E-state index contributed by atoms with van der Waals surface area (Å²) in [6.07, 6.45) is 5.83. The number of hydrogen-bond acceptors (Lipinski definition) is 1. The van der Waals surface area contributed by atoms with E-state index in [0.717, 1.165) is 5.92 Å². The van der Waals surface area contributed by atoms with E-state index in [9.17, 15) is 0 Å². The van der Waals surface area contributed by atoms with Crippen molar-refractivity contribution in [2.45, 2.75) is 19.3 Å². The van der Waals surface area contributed by atoms with Crippen molar-refractivity contribution in [2.75, 3.05) is 13.1 Å². The van der Waals surface area contributed by atoms with Crippen LogP contribution in [0.25, 0.3) is 0 Å². The molecule has 1 aromatic rings. The SMILES string of the molecule is C=CN1CCC(Cc2ccccc2)CC1. The lowest BCUT2D eigenvalue weighted by molar-refractivity contribution is 0.243. The molecule has 0 atom stereocenters. The van der Waals surface area contributed by atoms with E-state index in [1.54, 1.807) is 0 Å². The highest BCUT2D eigenvalue weighted by Gasteiger charge is 2.16. The minimum atomic E-state index is 0.864. The van der Waals surface area contributed by atoms with Crippen molar-refractivity contribution in [1.82, 2.24) is 4.90 Å². The Morgan fingerprint density at radius 3 is 2.47 bits per heavy atom. The minimum Gasteiger partial charge on any atom is -0.378 e. The summed E-state index contributed by atoms with van der Waals surface area (Å²) in [5.41, 5.74) is 1.48. The first kappa shape index (κ1) is 10.3. The van der Waals surface area contributed by atoms with Crippen molar-refractivity contribution in [3.63, 3.8) is 0 Å². The van der Waals surface area contributed by atoms with Crippen molar-refractivity contribution in [3.8, 4) is 0 Å². The maximum atomic E-state index is 3.82. The molecule has 15 heavy (non-hydrogen) atoms. The molecule has 1 heterocycles. The average Bonchev–Trinajstić information content (AvgIpc) is 2.31. The van der Waals surface area contributed by atoms with E-state index in [1.165, 1.54) is 37.9 Å². The van der Waals surface area contributed by atoms with Gasteiger partial charge in [-0.2, -0.15) is 0 Å². The van der Waals surface area contributed by atoms with Crippen LogP contribution in [0.4, 0.5) is 0 Å². The van der Waals surface area contributed by atoms with Gasteiger partial charge in [0.25, 0.3) is 0 Å². The van der Waals surface area contributed by atoms with Crippen LogP contribution in [-0.4, -0.2) is 18.0 Å². The van der Waals surface area contributed by atoms with Gasteiger partial charge in [0.1, 0.15) is 0 Å². The van der Waals surface area contributed by atoms with Gasteiger partial charge in [-0.25, -0.2) is 0 Å². The molecule has 0 bridgehead atoms. The molecule has 0 unspecified atom stereocenters. The Balaban J connectivity index is 1.85. The summed E-state index contributed by atoms with van der Waals surface area (Å²) in [4.78, 5) is 2.32. The predicted molar refractivity (Wildman–Crippen MR) is 64.6 cm³/mol. The van der Waals surface area contributed by atoms with E-state index in [4.69, 9.17) is 0 Å². The molecule has 2 rings (SSSR count). The lowest BCUT2D eigenvalue weighted by Crippen LogP contribution is -2.30. The second kappa shape index (κ2) is 5.01.